The van der Waals surface area contributed by atoms with E-state index < -0.39 is 55.7 Å². The minimum Gasteiger partial charge on any atom is -0.480 e. The standard InChI is InChI=1S/C12H22N2O9/c15-7(16)4-14(5-8(17)18)2-1-13-3-6-9(19)10(20)11(21)12(22)23-6/h6,9-13,19-22H,1-5H2,(H,15,16)(H,17,18)/t6?,9-,10?,11?,12-/m1/s1. The molecule has 3 unspecified atom stereocenters. The monoisotopic (exact) mass is 338 g/mol. The number of aliphatic hydroxyl groups is 4. The molecule has 1 aliphatic rings. The first-order valence-electron chi connectivity index (χ1n) is 6.96. The van der Waals surface area contributed by atoms with Gasteiger partial charge in [-0.25, -0.2) is 0 Å². The highest BCUT2D eigenvalue weighted by atomic mass is 16.6. The molecular weight excluding hydrogens is 316 g/mol. The van der Waals surface area contributed by atoms with E-state index >= 15 is 0 Å². The Morgan fingerprint density at radius 1 is 0.957 bits per heavy atom. The molecule has 0 spiro atoms. The Balaban J connectivity index is 2.37. The normalized spacial score (nSPS) is 31.3. The van der Waals surface area contributed by atoms with E-state index in [2.05, 4.69) is 5.32 Å². The highest BCUT2D eigenvalue weighted by Gasteiger charge is 2.42. The molecule has 1 rings (SSSR count). The quantitative estimate of drug-likeness (QED) is 0.203. The van der Waals surface area contributed by atoms with Gasteiger partial charge in [0.1, 0.15) is 24.4 Å². The van der Waals surface area contributed by atoms with Crippen LogP contribution < -0.4 is 5.32 Å². The van der Waals surface area contributed by atoms with E-state index in [1.807, 2.05) is 0 Å². The number of carboxylic acid groups (broad SMARTS) is 2. The lowest BCUT2D eigenvalue weighted by molar-refractivity contribution is -0.280. The minimum absolute atomic E-state index is 0.00991. The predicted octanol–water partition coefficient (Wildman–Crippen LogP) is -4.15. The molecule has 1 heterocycles. The summed E-state index contributed by atoms with van der Waals surface area (Å²) in [5.41, 5.74) is 0. The van der Waals surface area contributed by atoms with Crippen molar-refractivity contribution in [1.82, 2.24) is 10.2 Å². The van der Waals surface area contributed by atoms with Crippen LogP contribution in [0.5, 0.6) is 0 Å². The van der Waals surface area contributed by atoms with Crippen molar-refractivity contribution in [1.29, 1.82) is 0 Å². The zero-order chi connectivity index (χ0) is 17.6. The van der Waals surface area contributed by atoms with Crippen molar-refractivity contribution in [2.75, 3.05) is 32.7 Å². The molecule has 134 valence electrons. The van der Waals surface area contributed by atoms with E-state index in [1.165, 1.54) is 4.90 Å². The first-order valence-corrected chi connectivity index (χ1v) is 6.96. The van der Waals surface area contributed by atoms with Crippen LogP contribution in [0.3, 0.4) is 0 Å². The summed E-state index contributed by atoms with van der Waals surface area (Å²) in [5.74, 6) is -2.31. The second-order valence-electron chi connectivity index (χ2n) is 5.24. The third kappa shape index (κ3) is 6.35. The van der Waals surface area contributed by atoms with Gasteiger partial charge in [0.15, 0.2) is 6.29 Å². The van der Waals surface area contributed by atoms with E-state index in [1.54, 1.807) is 0 Å². The molecule has 0 aromatic rings. The molecule has 1 saturated heterocycles. The summed E-state index contributed by atoms with van der Waals surface area (Å²) in [5, 5.41) is 58.1. The van der Waals surface area contributed by atoms with E-state index in [9.17, 15) is 30.0 Å². The van der Waals surface area contributed by atoms with E-state index in [0.717, 1.165) is 0 Å². The van der Waals surface area contributed by atoms with Gasteiger partial charge < -0.3 is 40.7 Å². The van der Waals surface area contributed by atoms with Crippen LogP contribution in [-0.4, -0.2) is 111 Å². The van der Waals surface area contributed by atoms with Crippen LogP contribution in [0.4, 0.5) is 0 Å². The topological polar surface area (TPSA) is 180 Å². The van der Waals surface area contributed by atoms with Crippen molar-refractivity contribution in [3.05, 3.63) is 0 Å². The number of nitrogens with zero attached hydrogens (tertiary/aromatic N) is 1. The maximum Gasteiger partial charge on any atom is 0.317 e. The summed E-state index contributed by atoms with van der Waals surface area (Å²) in [6.45, 7) is -0.534. The molecule has 7 N–H and O–H groups in total. The Morgan fingerprint density at radius 2 is 1.52 bits per heavy atom. The van der Waals surface area contributed by atoms with Crippen LogP contribution in [0.2, 0.25) is 0 Å². The molecule has 0 amide bonds. The van der Waals surface area contributed by atoms with E-state index in [-0.39, 0.29) is 19.6 Å². The lowest BCUT2D eigenvalue weighted by Gasteiger charge is -2.38. The van der Waals surface area contributed by atoms with Crippen LogP contribution in [0, 0.1) is 0 Å². The van der Waals surface area contributed by atoms with Crippen LogP contribution in [0.1, 0.15) is 0 Å². The first kappa shape index (κ1) is 19.7. The molecule has 0 saturated carbocycles. The van der Waals surface area contributed by atoms with Gasteiger partial charge in [0, 0.05) is 19.6 Å². The molecule has 0 aromatic carbocycles. The third-order valence-corrected chi connectivity index (χ3v) is 3.36. The number of carbonyl (C=O) groups is 2. The second-order valence-corrected chi connectivity index (χ2v) is 5.24. The lowest BCUT2D eigenvalue weighted by Crippen LogP contribution is -2.59. The zero-order valence-electron chi connectivity index (χ0n) is 12.3. The fourth-order valence-electron chi connectivity index (χ4n) is 2.18. The van der Waals surface area contributed by atoms with Crippen molar-refractivity contribution in [3.8, 4) is 0 Å². The molecule has 11 nitrogen and oxygen atoms in total. The third-order valence-electron chi connectivity index (χ3n) is 3.36. The maximum absolute atomic E-state index is 10.6. The summed E-state index contributed by atoms with van der Waals surface area (Å²) in [4.78, 5) is 22.5. The SMILES string of the molecule is O=C(O)CN(CCNCC1O[C@@H](O)C(O)C(O)[C@@H]1O)CC(=O)O. The fraction of sp³-hybridized carbons (Fsp3) is 0.833. The second kappa shape index (κ2) is 9.08. The van der Waals surface area contributed by atoms with Crippen LogP contribution in [-0.2, 0) is 14.3 Å². The summed E-state index contributed by atoms with van der Waals surface area (Å²) in [6, 6.07) is 0. The van der Waals surface area contributed by atoms with Gasteiger partial charge in [-0.15, -0.1) is 0 Å². The van der Waals surface area contributed by atoms with Gasteiger partial charge in [0.2, 0.25) is 0 Å². The number of aliphatic hydroxyl groups excluding tert-OH is 4. The fourth-order valence-corrected chi connectivity index (χ4v) is 2.18. The van der Waals surface area contributed by atoms with Gasteiger partial charge in [0.25, 0.3) is 0 Å². The Bertz CT molecular complexity index is 392. The minimum atomic E-state index is -1.63. The van der Waals surface area contributed by atoms with Gasteiger partial charge in [-0.1, -0.05) is 0 Å². The Morgan fingerprint density at radius 3 is 2.04 bits per heavy atom. The largest absolute Gasteiger partial charge is 0.480 e. The van der Waals surface area contributed by atoms with Gasteiger partial charge in [-0.2, -0.15) is 0 Å². The Labute approximate surface area is 131 Å². The molecule has 0 bridgehead atoms. The van der Waals surface area contributed by atoms with Gasteiger partial charge in [-0.05, 0) is 0 Å². The number of aliphatic carboxylic acids is 2. The van der Waals surface area contributed by atoms with Crippen molar-refractivity contribution in [3.63, 3.8) is 0 Å². The average Bonchev–Trinajstić information content (AvgIpc) is 2.45. The first-order chi connectivity index (χ1) is 10.7. The molecule has 11 heteroatoms. The average molecular weight is 338 g/mol. The highest BCUT2D eigenvalue weighted by molar-refractivity contribution is 5.72. The summed E-state index contributed by atoms with van der Waals surface area (Å²) in [6.07, 6.45) is -7.18. The zero-order valence-corrected chi connectivity index (χ0v) is 12.3. The maximum atomic E-state index is 10.6. The molecular formula is C12H22N2O9. The van der Waals surface area contributed by atoms with Gasteiger partial charge in [0.05, 0.1) is 13.1 Å². The smallest absolute Gasteiger partial charge is 0.317 e. The molecule has 0 radical (unpaired) electrons. The number of rotatable bonds is 9. The van der Waals surface area contributed by atoms with Crippen molar-refractivity contribution in [2.24, 2.45) is 0 Å². The number of carboxylic acids is 2. The Hall–Kier alpha value is -1.34. The molecule has 23 heavy (non-hydrogen) atoms. The predicted molar refractivity (Wildman–Crippen MR) is 73.5 cm³/mol. The number of hydrogen-bond donors (Lipinski definition) is 7. The van der Waals surface area contributed by atoms with E-state index in [0.29, 0.717) is 0 Å². The molecule has 1 aliphatic heterocycles. The van der Waals surface area contributed by atoms with Crippen LogP contribution in [0.15, 0.2) is 0 Å². The summed E-state index contributed by atoms with van der Waals surface area (Å²) in [7, 11) is 0. The molecule has 0 aromatic heterocycles. The van der Waals surface area contributed by atoms with Gasteiger partial charge in [-0.3, -0.25) is 14.5 Å². The summed E-state index contributed by atoms with van der Waals surface area (Å²) >= 11 is 0. The Kier molecular flexibility index (Phi) is 7.78. The van der Waals surface area contributed by atoms with Crippen molar-refractivity contribution >= 4 is 11.9 Å². The number of nitrogens with one attached hydrogen (secondary N) is 1. The van der Waals surface area contributed by atoms with E-state index in [4.69, 9.17) is 14.9 Å². The van der Waals surface area contributed by atoms with Gasteiger partial charge >= 0.3 is 11.9 Å². The number of ether oxygens (including phenoxy) is 1. The molecule has 1 fully saturated rings. The van der Waals surface area contributed by atoms with Crippen molar-refractivity contribution < 1.29 is 45.0 Å². The number of hydrogen-bond acceptors (Lipinski definition) is 9. The highest BCUT2D eigenvalue weighted by Crippen LogP contribution is 2.19. The molecule has 0 aliphatic carbocycles. The molecule has 5 atom stereocenters. The summed E-state index contributed by atoms with van der Waals surface area (Å²) < 4.78 is 4.95. The van der Waals surface area contributed by atoms with Crippen LogP contribution in [0.25, 0.3) is 0 Å². The van der Waals surface area contributed by atoms with Crippen LogP contribution >= 0.6 is 0 Å². The lowest BCUT2D eigenvalue weighted by atomic mass is 9.99. The van der Waals surface area contributed by atoms with Crippen molar-refractivity contribution in [2.45, 2.75) is 30.7 Å².